The third kappa shape index (κ3) is 2.14. The zero-order chi connectivity index (χ0) is 11.6. The Hall–Kier alpha value is -0.450. The monoisotopic (exact) mass is 241 g/mol. The molecule has 0 saturated heterocycles. The van der Waals surface area contributed by atoms with Gasteiger partial charge < -0.3 is 9.84 Å². The molecule has 1 fully saturated rings. The Bertz CT molecular complexity index is 343. The Morgan fingerprint density at radius 2 is 2.25 bits per heavy atom. The molecule has 0 radical (unpaired) electrons. The predicted octanol–water partition coefficient (Wildman–Crippen LogP) is 3.00. The molecule has 90 valence electrons. The van der Waals surface area contributed by atoms with Crippen molar-refractivity contribution in [3.05, 3.63) is 16.1 Å². The van der Waals surface area contributed by atoms with Gasteiger partial charge in [-0.3, -0.25) is 0 Å². The zero-order valence-corrected chi connectivity index (χ0v) is 10.7. The number of hydrogen-bond donors (Lipinski definition) is 1. The number of aliphatic hydroxyl groups is 1. The highest BCUT2D eigenvalue weighted by molar-refractivity contribution is 7.09. The quantitative estimate of drug-likeness (QED) is 0.881. The molecular formula is C12H19NO2S. The minimum atomic E-state index is -0.481. The second-order valence-corrected chi connectivity index (χ2v) is 5.25. The molecule has 0 amide bonds. The van der Waals surface area contributed by atoms with Gasteiger partial charge in [0.2, 0.25) is 0 Å². The summed E-state index contributed by atoms with van der Waals surface area (Å²) in [5.74, 6) is 0. The van der Waals surface area contributed by atoms with Gasteiger partial charge in [-0.15, -0.1) is 11.3 Å². The highest BCUT2D eigenvalue weighted by atomic mass is 32.1. The molecule has 1 saturated carbocycles. The summed E-state index contributed by atoms with van der Waals surface area (Å²) in [5, 5.41) is 12.5. The number of aromatic nitrogens is 1. The van der Waals surface area contributed by atoms with Crippen molar-refractivity contribution in [1.29, 1.82) is 0 Å². The van der Waals surface area contributed by atoms with Crippen LogP contribution in [0.15, 0.2) is 5.38 Å². The van der Waals surface area contributed by atoms with Gasteiger partial charge in [-0.2, -0.15) is 0 Å². The first-order valence-electron chi connectivity index (χ1n) is 5.96. The molecule has 4 heteroatoms. The molecule has 3 nitrogen and oxygen atoms in total. The SMILES string of the molecule is CCOC1(c2nc(C(C)O)cs2)CCCC1. The van der Waals surface area contributed by atoms with E-state index in [-0.39, 0.29) is 5.60 Å². The number of thiazole rings is 1. The lowest BCUT2D eigenvalue weighted by Crippen LogP contribution is -2.26. The summed E-state index contributed by atoms with van der Waals surface area (Å²) < 4.78 is 5.94. The highest BCUT2D eigenvalue weighted by Crippen LogP contribution is 2.43. The largest absolute Gasteiger partial charge is 0.387 e. The van der Waals surface area contributed by atoms with Gasteiger partial charge in [0.1, 0.15) is 10.6 Å². The van der Waals surface area contributed by atoms with Gasteiger partial charge >= 0.3 is 0 Å². The molecule has 1 aromatic rings. The van der Waals surface area contributed by atoms with E-state index in [1.807, 2.05) is 12.3 Å². The molecular weight excluding hydrogens is 222 g/mol. The smallest absolute Gasteiger partial charge is 0.125 e. The molecule has 1 unspecified atom stereocenters. The molecule has 1 aromatic heterocycles. The number of ether oxygens (including phenoxy) is 1. The molecule has 1 N–H and O–H groups in total. The first kappa shape index (κ1) is 12.0. The van der Waals surface area contributed by atoms with Crippen LogP contribution >= 0.6 is 11.3 Å². The summed E-state index contributed by atoms with van der Waals surface area (Å²) >= 11 is 1.62. The van der Waals surface area contributed by atoms with Crippen LogP contribution in [0.5, 0.6) is 0 Å². The van der Waals surface area contributed by atoms with E-state index in [9.17, 15) is 5.11 Å². The van der Waals surface area contributed by atoms with E-state index in [0.29, 0.717) is 0 Å². The van der Waals surface area contributed by atoms with Crippen molar-refractivity contribution in [3.63, 3.8) is 0 Å². The van der Waals surface area contributed by atoms with Crippen LogP contribution in [-0.2, 0) is 10.3 Å². The minimum Gasteiger partial charge on any atom is -0.387 e. The summed E-state index contributed by atoms with van der Waals surface area (Å²) in [6.45, 7) is 4.51. The number of aliphatic hydroxyl groups excluding tert-OH is 1. The van der Waals surface area contributed by atoms with Crippen molar-refractivity contribution in [2.45, 2.75) is 51.2 Å². The van der Waals surface area contributed by atoms with E-state index in [4.69, 9.17) is 4.74 Å². The van der Waals surface area contributed by atoms with Crippen LogP contribution in [0, 0.1) is 0 Å². The molecule has 16 heavy (non-hydrogen) atoms. The van der Waals surface area contributed by atoms with E-state index in [1.165, 1.54) is 12.8 Å². The average molecular weight is 241 g/mol. The first-order chi connectivity index (χ1) is 7.68. The third-order valence-corrected chi connectivity index (χ3v) is 4.22. The molecule has 0 bridgehead atoms. The van der Waals surface area contributed by atoms with Crippen molar-refractivity contribution in [1.82, 2.24) is 4.98 Å². The van der Waals surface area contributed by atoms with Gasteiger partial charge in [-0.05, 0) is 26.7 Å². The van der Waals surface area contributed by atoms with Crippen molar-refractivity contribution in [2.24, 2.45) is 0 Å². The number of rotatable bonds is 4. The van der Waals surface area contributed by atoms with Crippen molar-refractivity contribution in [3.8, 4) is 0 Å². The Kier molecular flexibility index (Phi) is 3.62. The molecule has 1 aliphatic carbocycles. The maximum atomic E-state index is 9.50. The van der Waals surface area contributed by atoms with E-state index in [0.717, 1.165) is 30.2 Å². The summed E-state index contributed by atoms with van der Waals surface area (Å²) in [5.41, 5.74) is 0.609. The van der Waals surface area contributed by atoms with Gasteiger partial charge in [0, 0.05) is 12.0 Å². The molecule has 1 atom stereocenters. The average Bonchev–Trinajstić information content (AvgIpc) is 2.85. The van der Waals surface area contributed by atoms with Gasteiger partial charge in [-0.1, -0.05) is 12.8 Å². The van der Waals surface area contributed by atoms with Gasteiger partial charge in [0.25, 0.3) is 0 Å². The van der Waals surface area contributed by atoms with Crippen molar-refractivity contribution >= 4 is 11.3 Å². The molecule has 0 aromatic carbocycles. The predicted molar refractivity (Wildman–Crippen MR) is 64.5 cm³/mol. The Morgan fingerprint density at radius 3 is 2.75 bits per heavy atom. The maximum Gasteiger partial charge on any atom is 0.125 e. The molecule has 0 aliphatic heterocycles. The Balaban J connectivity index is 2.24. The minimum absolute atomic E-state index is 0.160. The zero-order valence-electron chi connectivity index (χ0n) is 9.90. The van der Waals surface area contributed by atoms with E-state index >= 15 is 0 Å². The lowest BCUT2D eigenvalue weighted by Gasteiger charge is -2.26. The highest BCUT2D eigenvalue weighted by Gasteiger charge is 2.39. The second kappa shape index (κ2) is 4.82. The van der Waals surface area contributed by atoms with E-state index < -0.39 is 6.10 Å². The number of hydrogen-bond acceptors (Lipinski definition) is 4. The van der Waals surface area contributed by atoms with Crippen LogP contribution in [-0.4, -0.2) is 16.7 Å². The topological polar surface area (TPSA) is 42.4 Å². The fourth-order valence-electron chi connectivity index (χ4n) is 2.33. The maximum absolute atomic E-state index is 9.50. The van der Waals surface area contributed by atoms with Crippen LogP contribution in [0.25, 0.3) is 0 Å². The summed E-state index contributed by atoms with van der Waals surface area (Å²) in [4.78, 5) is 4.53. The lowest BCUT2D eigenvalue weighted by atomic mass is 10.0. The van der Waals surface area contributed by atoms with Crippen LogP contribution in [0.4, 0.5) is 0 Å². The Labute approximate surface area is 100 Å². The van der Waals surface area contributed by atoms with Gasteiger partial charge in [-0.25, -0.2) is 4.98 Å². The third-order valence-electron chi connectivity index (χ3n) is 3.17. The molecule has 1 heterocycles. The van der Waals surface area contributed by atoms with Crippen molar-refractivity contribution in [2.75, 3.05) is 6.61 Å². The van der Waals surface area contributed by atoms with E-state index in [1.54, 1.807) is 18.3 Å². The number of nitrogens with zero attached hydrogens (tertiary/aromatic N) is 1. The normalized spacial score (nSPS) is 21.2. The van der Waals surface area contributed by atoms with Crippen LogP contribution in [0.1, 0.15) is 56.3 Å². The first-order valence-corrected chi connectivity index (χ1v) is 6.84. The van der Waals surface area contributed by atoms with Crippen LogP contribution in [0.3, 0.4) is 0 Å². The Morgan fingerprint density at radius 1 is 1.56 bits per heavy atom. The lowest BCUT2D eigenvalue weighted by molar-refractivity contribution is -0.0393. The fourth-order valence-corrected chi connectivity index (χ4v) is 3.45. The standard InChI is InChI=1S/C12H19NO2S/c1-3-15-12(6-4-5-7-12)11-13-10(8-16-11)9(2)14/h8-9,14H,3-7H2,1-2H3. The van der Waals surface area contributed by atoms with E-state index in [2.05, 4.69) is 4.98 Å². The molecule has 0 spiro atoms. The van der Waals surface area contributed by atoms with Crippen LogP contribution < -0.4 is 0 Å². The summed E-state index contributed by atoms with van der Waals surface area (Å²) in [6, 6.07) is 0. The summed E-state index contributed by atoms with van der Waals surface area (Å²) in [6.07, 6.45) is 4.07. The summed E-state index contributed by atoms with van der Waals surface area (Å²) in [7, 11) is 0. The van der Waals surface area contributed by atoms with Gasteiger partial charge in [0.15, 0.2) is 0 Å². The second-order valence-electron chi connectivity index (χ2n) is 4.39. The van der Waals surface area contributed by atoms with Crippen LogP contribution in [0.2, 0.25) is 0 Å². The fraction of sp³-hybridized carbons (Fsp3) is 0.750. The van der Waals surface area contributed by atoms with Gasteiger partial charge in [0.05, 0.1) is 11.8 Å². The van der Waals surface area contributed by atoms with Crippen molar-refractivity contribution < 1.29 is 9.84 Å². The molecule has 1 aliphatic rings. The molecule has 2 rings (SSSR count).